The number of halogens is 1. The number of imidazole rings is 1. The van der Waals surface area contributed by atoms with Crippen molar-refractivity contribution < 1.29 is 19.4 Å². The van der Waals surface area contributed by atoms with Crippen molar-refractivity contribution in [2.75, 3.05) is 5.32 Å². The first-order valence-corrected chi connectivity index (χ1v) is 8.95. The summed E-state index contributed by atoms with van der Waals surface area (Å²) in [6.45, 7) is 5.69. The molecule has 0 fully saturated rings. The Morgan fingerprint density at radius 3 is 2.64 bits per heavy atom. The molecule has 3 rings (SSSR count). The summed E-state index contributed by atoms with van der Waals surface area (Å²) in [6.07, 6.45) is -0.781. The zero-order valence-corrected chi connectivity index (χ0v) is 16.3. The molecule has 1 amide bonds. The first kappa shape index (κ1) is 19.6. The monoisotopic (exact) mass is 402 g/mol. The molecule has 2 aromatic heterocycles. The van der Waals surface area contributed by atoms with Gasteiger partial charge in [-0.05, 0) is 50.6 Å². The van der Waals surface area contributed by atoms with Gasteiger partial charge in [0.2, 0.25) is 0 Å². The van der Waals surface area contributed by atoms with Crippen molar-refractivity contribution in [2.45, 2.75) is 33.4 Å². The van der Waals surface area contributed by atoms with E-state index in [9.17, 15) is 14.7 Å². The Morgan fingerprint density at radius 2 is 2.00 bits per heavy atom. The van der Waals surface area contributed by atoms with Gasteiger partial charge < -0.3 is 14.4 Å². The van der Waals surface area contributed by atoms with Crippen LogP contribution in [0.3, 0.4) is 0 Å². The molecule has 0 aliphatic carbocycles. The van der Waals surface area contributed by atoms with Crippen LogP contribution in [0, 0.1) is 6.92 Å². The highest BCUT2D eigenvalue weighted by Gasteiger charge is 2.14. The van der Waals surface area contributed by atoms with Gasteiger partial charge in [0.05, 0.1) is 12.6 Å². The van der Waals surface area contributed by atoms with E-state index < -0.39 is 12.1 Å². The fraction of sp³-hybridized carbons (Fsp3) is 0.263. The topological polar surface area (TPSA) is 106 Å². The zero-order valence-electron chi connectivity index (χ0n) is 15.6. The number of anilines is 1. The van der Waals surface area contributed by atoms with E-state index in [0.717, 1.165) is 5.56 Å². The third-order valence-electron chi connectivity index (χ3n) is 3.97. The van der Waals surface area contributed by atoms with Crippen molar-refractivity contribution in [3.63, 3.8) is 0 Å². The standard InChI is InChI=1S/C19H19ClN4O4/c1-10(2)28-19(27)22-13-5-4-12(14(20)8-13)9-24-11(3)21-15-6-7-16(18(25)26)23-17(15)24/h4-8,10H,9H2,1-3H3,(H,22,27)(H,25,26). The first-order valence-electron chi connectivity index (χ1n) is 8.58. The Morgan fingerprint density at radius 1 is 1.25 bits per heavy atom. The molecule has 0 unspecified atom stereocenters. The summed E-state index contributed by atoms with van der Waals surface area (Å²) < 4.78 is 6.84. The molecule has 3 aromatic rings. The van der Waals surface area contributed by atoms with E-state index in [2.05, 4.69) is 15.3 Å². The number of ether oxygens (including phenoxy) is 1. The fourth-order valence-electron chi connectivity index (χ4n) is 2.71. The minimum atomic E-state index is -1.10. The highest BCUT2D eigenvalue weighted by atomic mass is 35.5. The number of nitrogens with zero attached hydrogens (tertiary/aromatic N) is 3. The molecule has 0 atom stereocenters. The second kappa shape index (κ2) is 7.85. The van der Waals surface area contributed by atoms with Gasteiger partial charge in [-0.15, -0.1) is 0 Å². The second-order valence-corrected chi connectivity index (χ2v) is 6.88. The maximum absolute atomic E-state index is 11.7. The van der Waals surface area contributed by atoms with Crippen LogP contribution in [0.4, 0.5) is 10.5 Å². The number of aryl methyl sites for hydroxylation is 1. The number of amides is 1. The van der Waals surface area contributed by atoms with Gasteiger partial charge in [-0.2, -0.15) is 0 Å². The second-order valence-electron chi connectivity index (χ2n) is 6.47. The number of rotatable bonds is 5. The molecule has 0 aliphatic heterocycles. The maximum atomic E-state index is 11.7. The molecule has 0 spiro atoms. The number of hydrogen-bond donors (Lipinski definition) is 2. The average Bonchev–Trinajstić information content (AvgIpc) is 2.91. The Kier molecular flexibility index (Phi) is 5.51. The third-order valence-corrected chi connectivity index (χ3v) is 4.32. The molecule has 0 saturated heterocycles. The van der Waals surface area contributed by atoms with E-state index in [4.69, 9.17) is 16.3 Å². The Balaban J connectivity index is 1.87. The summed E-state index contributed by atoms with van der Waals surface area (Å²) in [5, 5.41) is 12.2. The number of benzene rings is 1. The molecule has 0 bridgehead atoms. The predicted molar refractivity (Wildman–Crippen MR) is 105 cm³/mol. The first-order chi connectivity index (χ1) is 13.2. The molecule has 28 heavy (non-hydrogen) atoms. The van der Waals surface area contributed by atoms with E-state index >= 15 is 0 Å². The molecule has 8 nitrogen and oxygen atoms in total. The lowest BCUT2D eigenvalue weighted by molar-refractivity contribution is 0.0690. The highest BCUT2D eigenvalue weighted by molar-refractivity contribution is 6.31. The van der Waals surface area contributed by atoms with Gasteiger partial charge in [-0.1, -0.05) is 17.7 Å². The summed E-state index contributed by atoms with van der Waals surface area (Å²) in [5.74, 6) is -0.419. The number of aromatic carboxylic acids is 1. The van der Waals surface area contributed by atoms with Gasteiger partial charge in [0, 0.05) is 10.7 Å². The smallest absolute Gasteiger partial charge is 0.411 e. The van der Waals surface area contributed by atoms with Gasteiger partial charge in [0.25, 0.3) is 0 Å². The Bertz CT molecular complexity index is 1060. The van der Waals surface area contributed by atoms with Crippen molar-refractivity contribution >= 4 is 40.5 Å². The van der Waals surface area contributed by atoms with Crippen molar-refractivity contribution in [2.24, 2.45) is 0 Å². The van der Waals surface area contributed by atoms with Crippen molar-refractivity contribution in [3.8, 4) is 0 Å². The number of aromatic nitrogens is 3. The summed E-state index contributed by atoms with van der Waals surface area (Å²) in [5.41, 5.74) is 2.31. The molecule has 9 heteroatoms. The quantitative estimate of drug-likeness (QED) is 0.665. The van der Waals surface area contributed by atoms with E-state index in [0.29, 0.717) is 34.2 Å². The molecular weight excluding hydrogens is 384 g/mol. The van der Waals surface area contributed by atoms with E-state index in [1.165, 1.54) is 6.07 Å². The Labute approximate surface area is 166 Å². The van der Waals surface area contributed by atoms with E-state index in [1.54, 1.807) is 42.7 Å². The van der Waals surface area contributed by atoms with Crippen LogP contribution in [0.1, 0.15) is 35.7 Å². The van der Waals surface area contributed by atoms with Gasteiger partial charge in [-0.25, -0.2) is 19.6 Å². The summed E-state index contributed by atoms with van der Waals surface area (Å²) >= 11 is 6.38. The van der Waals surface area contributed by atoms with Crippen LogP contribution in [0.25, 0.3) is 11.2 Å². The molecule has 0 radical (unpaired) electrons. The van der Waals surface area contributed by atoms with Gasteiger partial charge in [0.1, 0.15) is 11.3 Å². The van der Waals surface area contributed by atoms with E-state index in [-0.39, 0.29) is 11.8 Å². The minimum absolute atomic E-state index is 0.0528. The van der Waals surface area contributed by atoms with Crippen LogP contribution in [0.5, 0.6) is 0 Å². The summed E-state index contributed by atoms with van der Waals surface area (Å²) in [7, 11) is 0. The number of carbonyl (C=O) groups is 2. The van der Waals surface area contributed by atoms with Gasteiger partial charge >= 0.3 is 12.1 Å². The fourth-order valence-corrected chi connectivity index (χ4v) is 2.95. The highest BCUT2D eigenvalue weighted by Crippen LogP contribution is 2.24. The molecular formula is C19H19ClN4O4. The Hall–Kier alpha value is -3.13. The van der Waals surface area contributed by atoms with Gasteiger partial charge in [0.15, 0.2) is 11.3 Å². The lowest BCUT2D eigenvalue weighted by Crippen LogP contribution is -2.18. The van der Waals surface area contributed by atoms with Crippen molar-refractivity contribution in [1.29, 1.82) is 0 Å². The van der Waals surface area contributed by atoms with Crippen LogP contribution >= 0.6 is 11.6 Å². The lowest BCUT2D eigenvalue weighted by atomic mass is 10.2. The number of carboxylic acid groups (broad SMARTS) is 1. The number of carbonyl (C=O) groups excluding carboxylic acids is 1. The van der Waals surface area contributed by atoms with Crippen LogP contribution in [0.15, 0.2) is 30.3 Å². The summed E-state index contributed by atoms with van der Waals surface area (Å²) in [6, 6.07) is 8.17. The number of fused-ring (bicyclic) bond motifs is 1. The number of hydrogen-bond acceptors (Lipinski definition) is 5. The summed E-state index contributed by atoms with van der Waals surface area (Å²) in [4.78, 5) is 31.5. The minimum Gasteiger partial charge on any atom is -0.477 e. The molecule has 146 valence electrons. The van der Waals surface area contributed by atoms with Crippen LogP contribution in [0.2, 0.25) is 5.02 Å². The zero-order chi connectivity index (χ0) is 20.4. The molecule has 0 saturated carbocycles. The average molecular weight is 403 g/mol. The SMILES string of the molecule is Cc1nc2ccc(C(=O)O)nc2n1Cc1ccc(NC(=O)OC(C)C)cc1Cl. The molecule has 2 heterocycles. The van der Waals surface area contributed by atoms with Crippen molar-refractivity contribution in [3.05, 3.63) is 52.4 Å². The lowest BCUT2D eigenvalue weighted by Gasteiger charge is -2.12. The van der Waals surface area contributed by atoms with Crippen LogP contribution < -0.4 is 5.32 Å². The normalized spacial score (nSPS) is 11.0. The van der Waals surface area contributed by atoms with Gasteiger partial charge in [-0.3, -0.25) is 5.32 Å². The molecule has 2 N–H and O–H groups in total. The number of carboxylic acids is 1. The van der Waals surface area contributed by atoms with Crippen molar-refractivity contribution in [1.82, 2.24) is 14.5 Å². The molecule has 0 aliphatic rings. The van der Waals surface area contributed by atoms with Crippen LogP contribution in [-0.4, -0.2) is 37.8 Å². The number of pyridine rings is 1. The predicted octanol–water partition coefficient (Wildman–Crippen LogP) is 4.10. The number of nitrogens with one attached hydrogen (secondary N) is 1. The largest absolute Gasteiger partial charge is 0.477 e. The third kappa shape index (κ3) is 4.23. The van der Waals surface area contributed by atoms with E-state index in [1.807, 2.05) is 6.92 Å². The molecule has 1 aromatic carbocycles. The maximum Gasteiger partial charge on any atom is 0.411 e. The van der Waals surface area contributed by atoms with Crippen LogP contribution in [-0.2, 0) is 11.3 Å².